The third-order valence-electron chi connectivity index (χ3n) is 7.30. The molecular weight excluding hydrogens is 540 g/mol. The summed E-state index contributed by atoms with van der Waals surface area (Å²) < 4.78 is 27.2. The van der Waals surface area contributed by atoms with Gasteiger partial charge in [-0.1, -0.05) is 29.8 Å². The van der Waals surface area contributed by atoms with Gasteiger partial charge < -0.3 is 24.0 Å². The van der Waals surface area contributed by atoms with Crippen LogP contribution in [0.5, 0.6) is 5.75 Å². The second-order valence-electron chi connectivity index (χ2n) is 11.2. The Labute approximate surface area is 238 Å². The van der Waals surface area contributed by atoms with Crippen molar-refractivity contribution in [2.45, 2.75) is 70.0 Å². The molecule has 2 aromatic carbocycles. The third kappa shape index (κ3) is 7.08. The zero-order chi connectivity index (χ0) is 28.3. The highest BCUT2D eigenvalue weighted by atomic mass is 35.5. The van der Waals surface area contributed by atoms with Gasteiger partial charge in [-0.25, -0.2) is 4.79 Å². The number of hydrogen-bond acceptors (Lipinski definition) is 7. The maximum Gasteiger partial charge on any atom is 0.338 e. The van der Waals surface area contributed by atoms with Crippen LogP contribution < -0.4 is 4.72 Å². The Hall–Kier alpha value is -2.30. The van der Waals surface area contributed by atoms with E-state index in [1.165, 1.54) is 0 Å². The average Bonchev–Trinajstić information content (AvgIpc) is 3.37. The van der Waals surface area contributed by atoms with Gasteiger partial charge in [0, 0.05) is 41.5 Å². The fourth-order valence-electron chi connectivity index (χ4n) is 4.97. The number of nitrogens with zero attached hydrogens (tertiary/aromatic N) is 1. The Balaban J connectivity index is 1.44. The highest BCUT2D eigenvalue weighted by Crippen LogP contribution is 2.39. The molecule has 2 saturated heterocycles. The van der Waals surface area contributed by atoms with Crippen LogP contribution in [-0.2, 0) is 25.6 Å². The molecule has 1 amide bonds. The Morgan fingerprint density at radius 3 is 2.49 bits per heavy atom. The van der Waals surface area contributed by atoms with Gasteiger partial charge in [0.25, 0.3) is 5.91 Å². The van der Waals surface area contributed by atoms with E-state index in [4.69, 9.17) is 21.1 Å². The monoisotopic (exact) mass is 576 g/mol. The van der Waals surface area contributed by atoms with Crippen LogP contribution in [0.2, 0.25) is 5.02 Å². The lowest BCUT2D eigenvalue weighted by molar-refractivity contribution is -0.146. The lowest BCUT2D eigenvalue weighted by Crippen LogP contribution is -2.50. The number of phenolic OH excluding ortho intramolecular Hbond substituents is 1. The van der Waals surface area contributed by atoms with Crippen LogP contribution in [-0.4, -0.2) is 63.1 Å². The van der Waals surface area contributed by atoms with Gasteiger partial charge >= 0.3 is 5.97 Å². The number of hydrogen-bond donors (Lipinski definition) is 2. The van der Waals surface area contributed by atoms with Crippen LogP contribution in [0.1, 0.15) is 67.6 Å². The number of likely N-dealkylation sites (tertiary alicyclic amines) is 1. The van der Waals surface area contributed by atoms with Crippen LogP contribution in [0.15, 0.2) is 42.5 Å². The smallest absolute Gasteiger partial charge is 0.338 e. The van der Waals surface area contributed by atoms with Crippen LogP contribution >= 0.6 is 11.6 Å². The molecule has 0 aliphatic carbocycles. The largest absolute Gasteiger partial charge is 0.598 e. The first-order valence-electron chi connectivity index (χ1n) is 13.3. The van der Waals surface area contributed by atoms with Gasteiger partial charge in [0.05, 0.1) is 18.2 Å². The molecule has 0 aromatic heterocycles. The molecule has 2 fully saturated rings. The lowest BCUT2D eigenvalue weighted by atomic mass is 9.85. The zero-order valence-electron chi connectivity index (χ0n) is 22.8. The predicted octanol–water partition coefficient (Wildman–Crippen LogP) is 4.70. The van der Waals surface area contributed by atoms with Crippen molar-refractivity contribution in [3.8, 4) is 5.75 Å². The van der Waals surface area contributed by atoms with E-state index in [2.05, 4.69) is 4.72 Å². The van der Waals surface area contributed by atoms with E-state index in [9.17, 15) is 19.2 Å². The molecule has 0 bridgehead atoms. The van der Waals surface area contributed by atoms with Crippen molar-refractivity contribution in [1.29, 1.82) is 0 Å². The van der Waals surface area contributed by atoms with Crippen molar-refractivity contribution in [2.24, 2.45) is 5.92 Å². The maximum absolute atomic E-state index is 13.4. The van der Waals surface area contributed by atoms with E-state index in [0.717, 1.165) is 5.56 Å². The molecule has 0 radical (unpaired) electrons. The fraction of sp³-hybridized carbons (Fsp3) is 0.517. The standard InChI is InChI=1S/C29H37ClN2O6S/c1-18-16-23(33)21(17-22(18)30)25(31-39(36)29(2,3)4)19-10-13-32(14-11-19)27(34)26-24(12-15-37-26)38-28(35)20-8-6-5-7-9-20/h5-9,16-17,19,24-26,31,33H,10-15H2,1-4H3/t24-,25+,26+,39?/m0/s1. The molecule has 212 valence electrons. The predicted molar refractivity (Wildman–Crippen MR) is 151 cm³/mol. The minimum atomic E-state index is -1.39. The van der Waals surface area contributed by atoms with E-state index < -0.39 is 40.3 Å². The van der Waals surface area contributed by atoms with Gasteiger partial charge in [-0.05, 0) is 76.3 Å². The summed E-state index contributed by atoms with van der Waals surface area (Å²) in [6.45, 7) is 8.75. The molecule has 4 atom stereocenters. The Morgan fingerprint density at radius 1 is 1.18 bits per heavy atom. The average molecular weight is 577 g/mol. The number of nitrogens with one attached hydrogen (secondary N) is 1. The maximum atomic E-state index is 13.4. The molecule has 1 unspecified atom stereocenters. The van der Waals surface area contributed by atoms with Crippen molar-refractivity contribution < 1.29 is 28.7 Å². The second-order valence-corrected chi connectivity index (χ2v) is 13.6. The summed E-state index contributed by atoms with van der Waals surface area (Å²) in [7, 11) is 0. The molecule has 2 aliphatic heterocycles. The minimum Gasteiger partial charge on any atom is -0.598 e. The molecule has 10 heteroatoms. The Kier molecular flexibility index (Phi) is 9.49. The molecule has 2 N–H and O–H groups in total. The number of benzene rings is 2. The van der Waals surface area contributed by atoms with Gasteiger partial charge in [0.15, 0.2) is 6.10 Å². The number of piperidine rings is 1. The summed E-state index contributed by atoms with van der Waals surface area (Å²) in [5.41, 5.74) is 1.79. The number of halogens is 1. The lowest BCUT2D eigenvalue weighted by Gasteiger charge is -2.38. The number of phenols is 1. The van der Waals surface area contributed by atoms with E-state index >= 15 is 0 Å². The van der Waals surface area contributed by atoms with Crippen molar-refractivity contribution in [1.82, 2.24) is 9.62 Å². The van der Waals surface area contributed by atoms with E-state index in [1.807, 2.05) is 33.8 Å². The van der Waals surface area contributed by atoms with Crippen LogP contribution in [0.4, 0.5) is 0 Å². The topological polar surface area (TPSA) is 111 Å². The first kappa shape index (κ1) is 29.7. The minimum absolute atomic E-state index is 0.00113. The first-order valence-corrected chi connectivity index (χ1v) is 14.8. The molecule has 0 spiro atoms. The van der Waals surface area contributed by atoms with Crippen molar-refractivity contribution in [3.63, 3.8) is 0 Å². The summed E-state index contributed by atoms with van der Waals surface area (Å²) in [6.07, 6.45) is 0.228. The molecule has 0 saturated carbocycles. The van der Waals surface area contributed by atoms with Crippen LogP contribution in [0, 0.1) is 12.8 Å². The number of aromatic hydroxyl groups is 1. The van der Waals surface area contributed by atoms with Crippen molar-refractivity contribution in [3.05, 3.63) is 64.2 Å². The molecule has 8 nitrogen and oxygen atoms in total. The van der Waals surface area contributed by atoms with E-state index in [-0.39, 0.29) is 17.6 Å². The number of carbonyl (C=O) groups is 2. The van der Waals surface area contributed by atoms with Crippen molar-refractivity contribution >= 4 is 34.8 Å². The van der Waals surface area contributed by atoms with Crippen molar-refractivity contribution in [2.75, 3.05) is 19.7 Å². The molecule has 4 rings (SSSR count). The number of ether oxygens (including phenoxy) is 2. The van der Waals surface area contributed by atoms with Crippen LogP contribution in [0.3, 0.4) is 0 Å². The van der Waals surface area contributed by atoms with Gasteiger partial charge in [-0.2, -0.15) is 0 Å². The molecule has 2 aliphatic rings. The quantitative estimate of drug-likeness (QED) is 0.363. The van der Waals surface area contributed by atoms with Gasteiger partial charge in [0.1, 0.15) is 16.6 Å². The van der Waals surface area contributed by atoms with Gasteiger partial charge in [-0.15, -0.1) is 4.72 Å². The second kappa shape index (κ2) is 12.5. The van der Waals surface area contributed by atoms with E-state index in [1.54, 1.807) is 41.3 Å². The Bertz CT molecular complexity index is 1170. The highest BCUT2D eigenvalue weighted by molar-refractivity contribution is 7.90. The summed E-state index contributed by atoms with van der Waals surface area (Å²) in [4.78, 5) is 27.7. The number of carbonyl (C=O) groups excluding carboxylic acids is 2. The summed E-state index contributed by atoms with van der Waals surface area (Å²) >= 11 is 5.02. The zero-order valence-corrected chi connectivity index (χ0v) is 24.4. The molecular formula is C29H37ClN2O6S. The third-order valence-corrected chi connectivity index (χ3v) is 9.29. The molecule has 39 heavy (non-hydrogen) atoms. The Morgan fingerprint density at radius 2 is 1.85 bits per heavy atom. The number of rotatable bonds is 7. The number of aryl methyl sites for hydroxylation is 1. The SMILES string of the molecule is Cc1cc(O)c([C@H](N[S+]([O-])C(C)(C)C)C2CCN(C(=O)[C@@H]3OCC[C@@H]3OC(=O)c3ccccc3)CC2)cc1Cl. The van der Waals surface area contributed by atoms with Crippen LogP contribution in [0.25, 0.3) is 0 Å². The first-order chi connectivity index (χ1) is 18.5. The normalized spacial score (nSPS) is 21.9. The molecule has 2 heterocycles. The summed E-state index contributed by atoms with van der Waals surface area (Å²) in [5, 5.41) is 11.3. The molecule has 2 aromatic rings. The highest BCUT2D eigenvalue weighted by Gasteiger charge is 2.42. The fourth-order valence-corrected chi connectivity index (χ4v) is 6.05. The van der Waals surface area contributed by atoms with Gasteiger partial charge in [0.2, 0.25) is 0 Å². The summed E-state index contributed by atoms with van der Waals surface area (Å²) in [5.74, 6) is -0.566. The van der Waals surface area contributed by atoms with E-state index in [0.29, 0.717) is 55.1 Å². The summed E-state index contributed by atoms with van der Waals surface area (Å²) in [6, 6.07) is 11.6. The number of esters is 1. The number of amides is 1. The van der Waals surface area contributed by atoms with Gasteiger partial charge in [-0.3, -0.25) is 4.79 Å².